The third-order valence-corrected chi connectivity index (χ3v) is 4.25. The van der Waals surface area contributed by atoms with E-state index >= 15 is 0 Å². The molecule has 1 aromatic heterocycles. The zero-order chi connectivity index (χ0) is 17.6. The molecular weight excluding hydrogens is 348 g/mol. The largest absolute Gasteiger partial charge is 0.324 e. The van der Waals surface area contributed by atoms with Gasteiger partial charge in [0.2, 0.25) is 0 Å². The molecule has 25 heavy (non-hydrogen) atoms. The average Bonchev–Trinajstić information content (AvgIpc) is 2.93. The van der Waals surface area contributed by atoms with Crippen LogP contribution < -0.4 is 5.73 Å². The van der Waals surface area contributed by atoms with Crippen LogP contribution in [0.2, 0.25) is 5.02 Å². The number of fused-ring (bicyclic) bond motifs is 3. The SMILES string of the molecule is NCc1nnc2n1-c1ccc(Cl)cc1C(c1c(F)cccc1F)=NC2. The number of aromatic nitrogens is 3. The van der Waals surface area contributed by atoms with Crippen LogP contribution in [0, 0.1) is 11.6 Å². The summed E-state index contributed by atoms with van der Waals surface area (Å²) in [6, 6.07) is 8.75. The molecule has 8 heteroatoms. The molecule has 0 saturated heterocycles. The Morgan fingerprint density at radius 3 is 2.60 bits per heavy atom. The van der Waals surface area contributed by atoms with E-state index in [-0.39, 0.29) is 24.4 Å². The summed E-state index contributed by atoms with van der Waals surface area (Å²) < 4.78 is 30.5. The molecule has 4 rings (SSSR count). The van der Waals surface area contributed by atoms with Gasteiger partial charge in [0.05, 0.1) is 23.5 Å². The molecule has 0 spiro atoms. The lowest BCUT2D eigenvalue weighted by molar-refractivity contribution is 0.579. The Hall–Kier alpha value is -2.64. The number of aliphatic imine (C=N–C) groups is 1. The van der Waals surface area contributed by atoms with Crippen molar-refractivity contribution in [3.63, 3.8) is 0 Å². The Kier molecular flexibility index (Phi) is 3.82. The Labute approximate surface area is 146 Å². The Balaban J connectivity index is 2.03. The predicted octanol–water partition coefficient (Wildman–Crippen LogP) is 3.01. The molecule has 0 radical (unpaired) electrons. The van der Waals surface area contributed by atoms with Crippen molar-refractivity contribution in [2.45, 2.75) is 13.1 Å². The van der Waals surface area contributed by atoms with Crippen molar-refractivity contribution < 1.29 is 8.78 Å². The fraction of sp³-hybridized carbons (Fsp3) is 0.118. The Morgan fingerprint density at radius 2 is 1.88 bits per heavy atom. The topological polar surface area (TPSA) is 69.1 Å². The molecular formula is C17H12ClF2N5. The molecule has 0 aliphatic carbocycles. The second-order valence-electron chi connectivity index (χ2n) is 5.49. The van der Waals surface area contributed by atoms with E-state index in [0.29, 0.717) is 27.9 Å². The van der Waals surface area contributed by atoms with E-state index in [1.165, 1.54) is 18.2 Å². The fourth-order valence-corrected chi connectivity index (χ4v) is 3.10. The van der Waals surface area contributed by atoms with Crippen molar-refractivity contribution >= 4 is 17.3 Å². The highest BCUT2D eigenvalue weighted by molar-refractivity contribution is 6.31. The number of nitrogens with two attached hydrogens (primary N) is 1. The second-order valence-corrected chi connectivity index (χ2v) is 5.93. The van der Waals surface area contributed by atoms with E-state index in [0.717, 1.165) is 0 Å². The molecule has 0 unspecified atom stereocenters. The maximum Gasteiger partial charge on any atom is 0.159 e. The summed E-state index contributed by atoms with van der Waals surface area (Å²) >= 11 is 6.13. The zero-order valence-electron chi connectivity index (χ0n) is 12.9. The molecule has 126 valence electrons. The highest BCUT2D eigenvalue weighted by Crippen LogP contribution is 2.29. The van der Waals surface area contributed by atoms with Crippen molar-refractivity contribution in [1.82, 2.24) is 14.8 Å². The summed E-state index contributed by atoms with van der Waals surface area (Å²) in [5.41, 5.74) is 6.85. The van der Waals surface area contributed by atoms with Gasteiger partial charge in [-0.1, -0.05) is 17.7 Å². The molecule has 5 nitrogen and oxygen atoms in total. The van der Waals surface area contributed by atoms with E-state index in [4.69, 9.17) is 17.3 Å². The first-order valence-electron chi connectivity index (χ1n) is 7.52. The number of rotatable bonds is 2. The molecule has 0 saturated carbocycles. The summed E-state index contributed by atoms with van der Waals surface area (Å²) in [5, 5.41) is 8.56. The quantitative estimate of drug-likeness (QED) is 0.764. The second kappa shape index (κ2) is 6.02. The lowest BCUT2D eigenvalue weighted by atomic mass is 9.99. The van der Waals surface area contributed by atoms with E-state index < -0.39 is 11.6 Å². The summed E-state index contributed by atoms with van der Waals surface area (Å²) in [6.07, 6.45) is 0. The van der Waals surface area contributed by atoms with Crippen molar-refractivity contribution in [3.8, 4) is 5.69 Å². The monoisotopic (exact) mass is 359 g/mol. The number of hydrogen-bond acceptors (Lipinski definition) is 4. The van der Waals surface area contributed by atoms with Crippen molar-refractivity contribution in [2.24, 2.45) is 10.7 Å². The van der Waals surface area contributed by atoms with Crippen LogP contribution in [0.4, 0.5) is 8.78 Å². The van der Waals surface area contributed by atoms with Crippen LogP contribution in [0.3, 0.4) is 0 Å². The highest BCUT2D eigenvalue weighted by atomic mass is 35.5. The molecule has 0 amide bonds. The molecule has 2 N–H and O–H groups in total. The van der Waals surface area contributed by atoms with Gasteiger partial charge >= 0.3 is 0 Å². The third kappa shape index (κ3) is 2.52. The smallest absolute Gasteiger partial charge is 0.159 e. The van der Waals surface area contributed by atoms with Gasteiger partial charge in [-0.05, 0) is 30.3 Å². The summed E-state index contributed by atoms with van der Waals surface area (Å²) in [6.45, 7) is 0.279. The third-order valence-electron chi connectivity index (χ3n) is 4.01. The van der Waals surface area contributed by atoms with Crippen LogP contribution in [0.5, 0.6) is 0 Å². The van der Waals surface area contributed by atoms with E-state index in [1.807, 2.05) is 0 Å². The standard InChI is InChI=1S/C17H12ClF2N5/c18-9-4-5-13-10(6-9)17(16-11(19)2-1-3-12(16)20)22-8-15-24-23-14(7-21)25(13)15/h1-6H,7-8,21H2. The molecule has 2 aromatic carbocycles. The van der Waals surface area contributed by atoms with Crippen LogP contribution in [0.1, 0.15) is 22.8 Å². The maximum absolute atomic E-state index is 14.4. The molecule has 0 fully saturated rings. The minimum Gasteiger partial charge on any atom is -0.324 e. The van der Waals surface area contributed by atoms with Crippen LogP contribution in [0.15, 0.2) is 41.4 Å². The normalized spacial score (nSPS) is 13.0. The molecule has 1 aliphatic rings. The number of benzene rings is 2. The van der Waals surface area contributed by atoms with Crippen LogP contribution in [-0.2, 0) is 13.1 Å². The van der Waals surface area contributed by atoms with Crippen LogP contribution in [-0.4, -0.2) is 20.5 Å². The summed E-state index contributed by atoms with van der Waals surface area (Å²) in [4.78, 5) is 4.40. The number of nitrogens with zero attached hydrogens (tertiary/aromatic N) is 4. The van der Waals surface area contributed by atoms with Crippen molar-refractivity contribution in [1.29, 1.82) is 0 Å². The van der Waals surface area contributed by atoms with Crippen LogP contribution in [0.25, 0.3) is 5.69 Å². The van der Waals surface area contributed by atoms with E-state index in [1.54, 1.807) is 22.8 Å². The molecule has 3 aromatic rings. The number of hydrogen-bond donors (Lipinski definition) is 1. The summed E-state index contributed by atoms with van der Waals surface area (Å²) in [7, 11) is 0. The average molecular weight is 360 g/mol. The predicted molar refractivity (Wildman–Crippen MR) is 90.0 cm³/mol. The maximum atomic E-state index is 14.4. The molecule has 0 atom stereocenters. The Bertz CT molecular complexity index is 992. The van der Waals surface area contributed by atoms with E-state index in [9.17, 15) is 8.78 Å². The minimum absolute atomic E-state index is 0.113. The van der Waals surface area contributed by atoms with Crippen LogP contribution >= 0.6 is 11.6 Å². The number of halogens is 3. The van der Waals surface area contributed by atoms with Gasteiger partial charge < -0.3 is 5.73 Å². The van der Waals surface area contributed by atoms with Gasteiger partial charge in [0.15, 0.2) is 11.6 Å². The first-order valence-corrected chi connectivity index (χ1v) is 7.90. The highest BCUT2D eigenvalue weighted by Gasteiger charge is 2.25. The fourth-order valence-electron chi connectivity index (χ4n) is 2.93. The molecule has 1 aliphatic heterocycles. The van der Waals surface area contributed by atoms with Crippen molar-refractivity contribution in [3.05, 3.63) is 75.8 Å². The van der Waals surface area contributed by atoms with Gasteiger partial charge in [-0.2, -0.15) is 0 Å². The van der Waals surface area contributed by atoms with Crippen molar-refractivity contribution in [2.75, 3.05) is 0 Å². The van der Waals surface area contributed by atoms with E-state index in [2.05, 4.69) is 15.2 Å². The molecule has 0 bridgehead atoms. The van der Waals surface area contributed by atoms with Gasteiger partial charge in [-0.15, -0.1) is 10.2 Å². The van der Waals surface area contributed by atoms with Gasteiger partial charge in [-0.25, -0.2) is 8.78 Å². The Morgan fingerprint density at radius 1 is 1.12 bits per heavy atom. The molecule has 2 heterocycles. The zero-order valence-corrected chi connectivity index (χ0v) is 13.6. The lowest BCUT2D eigenvalue weighted by Crippen LogP contribution is -2.13. The lowest BCUT2D eigenvalue weighted by Gasteiger charge is -2.14. The summed E-state index contributed by atoms with van der Waals surface area (Å²) in [5.74, 6) is -0.317. The van der Waals surface area contributed by atoms with Gasteiger partial charge in [-0.3, -0.25) is 9.56 Å². The van der Waals surface area contributed by atoms with Gasteiger partial charge in [0.25, 0.3) is 0 Å². The first kappa shape index (κ1) is 15.9. The first-order chi connectivity index (χ1) is 12.1. The minimum atomic E-state index is -0.693. The van der Waals surface area contributed by atoms with Gasteiger partial charge in [0, 0.05) is 10.6 Å². The van der Waals surface area contributed by atoms with Gasteiger partial charge in [0.1, 0.15) is 18.2 Å².